The van der Waals surface area contributed by atoms with Crippen molar-refractivity contribution < 1.29 is 17.9 Å². The van der Waals surface area contributed by atoms with Crippen molar-refractivity contribution in [2.75, 3.05) is 12.9 Å². The van der Waals surface area contributed by atoms with Crippen molar-refractivity contribution in [1.29, 1.82) is 0 Å². The highest BCUT2D eigenvalue weighted by Crippen LogP contribution is 2.13. The van der Waals surface area contributed by atoms with Crippen molar-refractivity contribution in [3.05, 3.63) is 47.3 Å². The summed E-state index contributed by atoms with van der Waals surface area (Å²) in [6.07, 6.45) is 6.58. The van der Waals surface area contributed by atoms with Gasteiger partial charge < -0.3 is 4.74 Å². The van der Waals surface area contributed by atoms with Gasteiger partial charge in [0.2, 0.25) is 10.0 Å². The lowest BCUT2D eigenvalue weighted by Crippen LogP contribution is -2.20. The van der Waals surface area contributed by atoms with E-state index in [-0.39, 0.29) is 11.4 Å². The molecule has 0 amide bonds. The molecule has 6 heteroatoms. The number of ether oxygens (including phenoxy) is 1. The summed E-state index contributed by atoms with van der Waals surface area (Å²) in [4.78, 5) is 11.6. The van der Waals surface area contributed by atoms with Gasteiger partial charge in [0.1, 0.15) is 5.69 Å². The summed E-state index contributed by atoms with van der Waals surface area (Å²) in [7, 11) is -2.41. The Labute approximate surface area is 133 Å². The fraction of sp³-hybridized carbons (Fsp3) is 0.438. The summed E-state index contributed by atoms with van der Waals surface area (Å²) in [6, 6.07) is 1.49. The van der Waals surface area contributed by atoms with E-state index in [1.165, 1.54) is 19.4 Å². The first-order chi connectivity index (χ1) is 10.3. The predicted octanol–water partition coefficient (Wildman–Crippen LogP) is 3.31. The molecule has 1 heterocycles. The lowest BCUT2D eigenvalue weighted by Gasteiger charge is -2.07. The highest BCUT2D eigenvalue weighted by Gasteiger charge is 2.21. The number of carbonyl (C=O) groups excluding carboxylic acids is 1. The normalized spacial score (nSPS) is 12.0. The highest BCUT2D eigenvalue weighted by molar-refractivity contribution is 7.90. The molecule has 5 nitrogen and oxygen atoms in total. The van der Waals surface area contributed by atoms with Gasteiger partial charge in [-0.1, -0.05) is 37.6 Å². The lowest BCUT2D eigenvalue weighted by atomic mass is 10.3. The van der Waals surface area contributed by atoms with Crippen LogP contribution in [-0.2, 0) is 14.8 Å². The smallest absolute Gasteiger partial charge is 0.355 e. The number of nitrogens with zero attached hydrogens (tertiary/aromatic N) is 1. The maximum atomic E-state index is 12.2. The lowest BCUT2D eigenvalue weighted by molar-refractivity contribution is 0.0593. The van der Waals surface area contributed by atoms with Crippen LogP contribution in [-0.4, -0.2) is 31.2 Å². The summed E-state index contributed by atoms with van der Waals surface area (Å²) in [6.45, 7) is 9.47. The summed E-state index contributed by atoms with van der Waals surface area (Å²) < 4.78 is 30.1. The largest absolute Gasteiger partial charge is 0.464 e. The topological polar surface area (TPSA) is 65.4 Å². The average Bonchev–Trinajstić information content (AvgIpc) is 2.91. The Balaban J connectivity index is 0.00000211. The van der Waals surface area contributed by atoms with Crippen LogP contribution >= 0.6 is 0 Å². The Kier molecular flexibility index (Phi) is 8.48. The maximum absolute atomic E-state index is 12.2. The molecular formula is C16H25NO4S. The molecule has 1 rings (SSSR count). The van der Waals surface area contributed by atoms with Crippen LogP contribution in [0.3, 0.4) is 0 Å². The highest BCUT2D eigenvalue weighted by atomic mass is 32.2. The summed E-state index contributed by atoms with van der Waals surface area (Å²) >= 11 is 0. The Bertz CT molecular complexity index is 652. The van der Waals surface area contributed by atoms with E-state index in [0.29, 0.717) is 5.56 Å². The second-order valence-corrected chi connectivity index (χ2v) is 6.29. The maximum Gasteiger partial charge on any atom is 0.355 e. The fourth-order valence-electron chi connectivity index (χ4n) is 1.59. The summed E-state index contributed by atoms with van der Waals surface area (Å²) in [5.41, 5.74) is 1.67. The summed E-state index contributed by atoms with van der Waals surface area (Å²) in [5, 5.41) is 0. The number of rotatable bonds is 5. The van der Waals surface area contributed by atoms with E-state index in [4.69, 9.17) is 0 Å². The quantitative estimate of drug-likeness (QED) is 0.615. The third-order valence-corrected chi connectivity index (χ3v) is 4.28. The van der Waals surface area contributed by atoms with Crippen molar-refractivity contribution in [1.82, 2.24) is 3.97 Å². The first-order valence-electron chi connectivity index (χ1n) is 7.12. The van der Waals surface area contributed by atoms with Gasteiger partial charge >= 0.3 is 5.97 Å². The zero-order valence-corrected chi connectivity index (χ0v) is 14.9. The van der Waals surface area contributed by atoms with E-state index in [1.54, 1.807) is 19.1 Å². The minimum Gasteiger partial charge on any atom is -0.464 e. The first-order valence-corrected chi connectivity index (χ1v) is 8.72. The minimum absolute atomic E-state index is 0.0150. The Morgan fingerprint density at radius 1 is 1.36 bits per heavy atom. The molecule has 0 atom stereocenters. The molecule has 0 spiro atoms. The van der Waals surface area contributed by atoms with Crippen LogP contribution in [0.2, 0.25) is 0 Å². The molecule has 1 aromatic heterocycles. The van der Waals surface area contributed by atoms with Gasteiger partial charge in [0.25, 0.3) is 0 Å². The molecule has 0 aromatic carbocycles. The van der Waals surface area contributed by atoms with Gasteiger partial charge in [-0.25, -0.2) is 17.2 Å². The van der Waals surface area contributed by atoms with Gasteiger partial charge in [0.15, 0.2) is 0 Å². The van der Waals surface area contributed by atoms with E-state index >= 15 is 0 Å². The number of aromatic nitrogens is 1. The van der Waals surface area contributed by atoms with E-state index < -0.39 is 16.0 Å². The van der Waals surface area contributed by atoms with E-state index in [2.05, 4.69) is 4.74 Å². The van der Waals surface area contributed by atoms with Gasteiger partial charge in [-0.3, -0.25) is 0 Å². The standard InChI is InChI=1S/C14H19NO4S.C2H6/c1-5-11(2)7-6-8-20(17,18)15-10-12(3)9-13(15)14(16)19-4;1-2/h5-7,9-10H,8H2,1-4H3;1-2H3/b7-6-,11-5-;. The van der Waals surface area contributed by atoms with Crippen molar-refractivity contribution in [3.8, 4) is 0 Å². The predicted molar refractivity (Wildman–Crippen MR) is 89.6 cm³/mol. The zero-order valence-electron chi connectivity index (χ0n) is 14.1. The minimum atomic E-state index is -3.63. The molecule has 0 unspecified atom stereocenters. The van der Waals surface area contributed by atoms with Crippen LogP contribution in [0.5, 0.6) is 0 Å². The molecule has 0 saturated heterocycles. The number of aryl methyl sites for hydroxylation is 1. The van der Waals surface area contributed by atoms with Crippen LogP contribution in [0.1, 0.15) is 43.7 Å². The third-order valence-electron chi connectivity index (χ3n) is 2.76. The molecule has 0 fully saturated rings. The summed E-state index contributed by atoms with van der Waals surface area (Å²) in [5.74, 6) is -0.855. The van der Waals surface area contributed by atoms with E-state index in [0.717, 1.165) is 9.55 Å². The molecule has 22 heavy (non-hydrogen) atoms. The number of hydrogen-bond donors (Lipinski definition) is 0. The van der Waals surface area contributed by atoms with Crippen LogP contribution in [0.25, 0.3) is 0 Å². The van der Waals surface area contributed by atoms with Crippen molar-refractivity contribution in [3.63, 3.8) is 0 Å². The molecule has 124 valence electrons. The van der Waals surface area contributed by atoms with Gasteiger partial charge in [-0.2, -0.15) is 0 Å². The number of esters is 1. The molecule has 0 aliphatic heterocycles. The number of allylic oxidation sites excluding steroid dienone is 3. The zero-order chi connectivity index (χ0) is 17.3. The first kappa shape index (κ1) is 20.2. The Morgan fingerprint density at radius 3 is 2.45 bits per heavy atom. The average molecular weight is 327 g/mol. The van der Waals surface area contributed by atoms with Crippen LogP contribution in [0.4, 0.5) is 0 Å². The molecular weight excluding hydrogens is 302 g/mol. The number of methoxy groups -OCH3 is 1. The SMILES string of the molecule is C/C=C(C)\C=C/CS(=O)(=O)n1cc(C)cc1C(=O)OC.CC. The van der Waals surface area contributed by atoms with Gasteiger partial charge in [-0.15, -0.1) is 0 Å². The monoisotopic (exact) mass is 327 g/mol. The molecule has 0 aliphatic rings. The van der Waals surface area contributed by atoms with Crippen LogP contribution in [0, 0.1) is 6.92 Å². The Hall–Kier alpha value is -1.82. The van der Waals surface area contributed by atoms with Crippen LogP contribution < -0.4 is 0 Å². The van der Waals surface area contributed by atoms with Crippen LogP contribution in [0.15, 0.2) is 36.1 Å². The molecule has 1 aromatic rings. The molecule has 0 radical (unpaired) electrons. The van der Waals surface area contributed by atoms with Gasteiger partial charge in [0, 0.05) is 6.20 Å². The molecule has 0 aliphatic carbocycles. The van der Waals surface area contributed by atoms with Crippen molar-refractivity contribution in [2.24, 2.45) is 0 Å². The second kappa shape index (κ2) is 9.25. The van der Waals surface area contributed by atoms with Gasteiger partial charge in [0.05, 0.1) is 12.9 Å². The number of hydrogen-bond acceptors (Lipinski definition) is 4. The second-order valence-electron chi connectivity index (χ2n) is 4.40. The number of carbonyl (C=O) groups is 1. The Morgan fingerprint density at radius 2 is 1.95 bits per heavy atom. The van der Waals surface area contributed by atoms with E-state index in [1.807, 2.05) is 33.8 Å². The molecule has 0 saturated carbocycles. The molecule has 0 N–H and O–H groups in total. The van der Waals surface area contributed by atoms with Crippen molar-refractivity contribution in [2.45, 2.75) is 34.6 Å². The van der Waals surface area contributed by atoms with E-state index in [9.17, 15) is 13.2 Å². The molecule has 0 bridgehead atoms. The third kappa shape index (κ3) is 5.52. The van der Waals surface area contributed by atoms with Crippen molar-refractivity contribution >= 4 is 16.0 Å². The van der Waals surface area contributed by atoms with Gasteiger partial charge in [-0.05, 0) is 32.4 Å². The fourth-order valence-corrected chi connectivity index (χ4v) is 2.84.